The summed E-state index contributed by atoms with van der Waals surface area (Å²) in [5.74, 6) is 0. The minimum atomic E-state index is 0.144. The molecule has 0 amide bonds. The quantitative estimate of drug-likeness (QED) is 0.902. The average Bonchev–Trinajstić information content (AvgIpc) is 2.13. The molecule has 2 N–H and O–H groups in total. The van der Waals surface area contributed by atoms with E-state index in [1.54, 1.807) is 0 Å². The first kappa shape index (κ1) is 15.3. The first-order valence-corrected chi connectivity index (χ1v) is 6.82. The van der Waals surface area contributed by atoms with E-state index in [0.717, 1.165) is 18.0 Å². The standard InChI is InChI=1S/C15H25ClN2/c1-11(17)8-12-9-13(16)6-7-14(12)18(5)10-15(2,3)4/h6-7,9,11H,8,10,17H2,1-5H3. The number of anilines is 1. The molecule has 0 fully saturated rings. The third-order valence-electron chi connectivity index (χ3n) is 2.71. The summed E-state index contributed by atoms with van der Waals surface area (Å²) < 4.78 is 0. The van der Waals surface area contributed by atoms with Gasteiger partial charge in [-0.05, 0) is 42.5 Å². The van der Waals surface area contributed by atoms with Crippen LogP contribution in [0.5, 0.6) is 0 Å². The lowest BCUT2D eigenvalue weighted by Crippen LogP contribution is -2.30. The molecular weight excluding hydrogens is 244 g/mol. The van der Waals surface area contributed by atoms with E-state index >= 15 is 0 Å². The average molecular weight is 269 g/mol. The highest BCUT2D eigenvalue weighted by atomic mass is 35.5. The summed E-state index contributed by atoms with van der Waals surface area (Å²) in [6.07, 6.45) is 0.852. The molecule has 1 aromatic carbocycles. The minimum Gasteiger partial charge on any atom is -0.374 e. The molecule has 18 heavy (non-hydrogen) atoms. The molecule has 0 aliphatic carbocycles. The van der Waals surface area contributed by atoms with Crippen LogP contribution in [0, 0.1) is 5.41 Å². The van der Waals surface area contributed by atoms with Crippen LogP contribution in [0.15, 0.2) is 18.2 Å². The smallest absolute Gasteiger partial charge is 0.0410 e. The van der Waals surface area contributed by atoms with Gasteiger partial charge in [-0.15, -0.1) is 0 Å². The van der Waals surface area contributed by atoms with E-state index < -0.39 is 0 Å². The summed E-state index contributed by atoms with van der Waals surface area (Å²) in [6, 6.07) is 6.21. The van der Waals surface area contributed by atoms with Gasteiger partial charge in [-0.3, -0.25) is 0 Å². The van der Waals surface area contributed by atoms with Crippen LogP contribution in [0.25, 0.3) is 0 Å². The van der Waals surface area contributed by atoms with Gasteiger partial charge in [-0.2, -0.15) is 0 Å². The number of hydrogen-bond acceptors (Lipinski definition) is 2. The van der Waals surface area contributed by atoms with Crippen LogP contribution in [0.4, 0.5) is 5.69 Å². The molecule has 1 atom stereocenters. The molecule has 0 radical (unpaired) electrons. The van der Waals surface area contributed by atoms with Gasteiger partial charge in [0.25, 0.3) is 0 Å². The Balaban J connectivity index is 2.99. The van der Waals surface area contributed by atoms with Crippen LogP contribution in [0.1, 0.15) is 33.3 Å². The molecule has 0 heterocycles. The van der Waals surface area contributed by atoms with Crippen molar-refractivity contribution < 1.29 is 0 Å². The molecule has 1 unspecified atom stereocenters. The van der Waals surface area contributed by atoms with Crippen molar-refractivity contribution in [3.8, 4) is 0 Å². The van der Waals surface area contributed by atoms with Crippen LogP contribution >= 0.6 is 11.6 Å². The minimum absolute atomic E-state index is 0.144. The Bertz CT molecular complexity index is 394. The maximum atomic E-state index is 6.08. The lowest BCUT2D eigenvalue weighted by molar-refractivity contribution is 0.418. The van der Waals surface area contributed by atoms with Gasteiger partial charge in [0.15, 0.2) is 0 Å². The highest BCUT2D eigenvalue weighted by Crippen LogP contribution is 2.27. The summed E-state index contributed by atoms with van der Waals surface area (Å²) in [6.45, 7) is 9.75. The molecule has 0 aliphatic rings. The second-order valence-corrected chi connectivity index (χ2v) is 6.81. The summed E-state index contributed by atoms with van der Waals surface area (Å²) in [7, 11) is 2.12. The maximum absolute atomic E-state index is 6.08. The largest absolute Gasteiger partial charge is 0.374 e. The first-order valence-electron chi connectivity index (χ1n) is 6.44. The molecule has 3 heteroatoms. The molecule has 0 aliphatic heterocycles. The fourth-order valence-electron chi connectivity index (χ4n) is 2.23. The number of rotatable bonds is 4. The van der Waals surface area contributed by atoms with Crippen LogP contribution in [0.3, 0.4) is 0 Å². The van der Waals surface area contributed by atoms with Gasteiger partial charge in [-0.25, -0.2) is 0 Å². The molecule has 1 aromatic rings. The fourth-order valence-corrected chi connectivity index (χ4v) is 2.43. The number of benzene rings is 1. The maximum Gasteiger partial charge on any atom is 0.0410 e. The zero-order valence-corrected chi connectivity index (χ0v) is 12.9. The second kappa shape index (κ2) is 5.94. The highest BCUT2D eigenvalue weighted by molar-refractivity contribution is 6.30. The Morgan fingerprint density at radius 3 is 2.44 bits per heavy atom. The third-order valence-corrected chi connectivity index (χ3v) is 2.94. The van der Waals surface area contributed by atoms with E-state index in [4.69, 9.17) is 17.3 Å². The number of hydrogen-bond donors (Lipinski definition) is 1. The van der Waals surface area contributed by atoms with Crippen molar-refractivity contribution >= 4 is 17.3 Å². The van der Waals surface area contributed by atoms with E-state index in [1.807, 2.05) is 19.1 Å². The van der Waals surface area contributed by atoms with Crippen LogP contribution in [0.2, 0.25) is 5.02 Å². The van der Waals surface area contributed by atoms with Crippen molar-refractivity contribution in [1.82, 2.24) is 0 Å². The molecule has 1 rings (SSSR count). The van der Waals surface area contributed by atoms with Crippen molar-refractivity contribution in [2.24, 2.45) is 11.1 Å². The zero-order valence-electron chi connectivity index (χ0n) is 12.1. The Morgan fingerprint density at radius 1 is 1.33 bits per heavy atom. The molecule has 0 aromatic heterocycles. The predicted octanol–water partition coefficient (Wildman–Crippen LogP) is 3.71. The van der Waals surface area contributed by atoms with E-state index in [1.165, 1.54) is 11.3 Å². The van der Waals surface area contributed by atoms with E-state index in [2.05, 4.69) is 38.8 Å². The summed E-state index contributed by atoms with van der Waals surface area (Å²) in [5.41, 5.74) is 8.63. The van der Waals surface area contributed by atoms with E-state index in [0.29, 0.717) is 0 Å². The highest BCUT2D eigenvalue weighted by Gasteiger charge is 2.16. The molecule has 0 saturated heterocycles. The second-order valence-electron chi connectivity index (χ2n) is 6.37. The Kier molecular flexibility index (Phi) is 5.06. The van der Waals surface area contributed by atoms with E-state index in [9.17, 15) is 0 Å². The lowest BCUT2D eigenvalue weighted by Gasteiger charge is -2.30. The van der Waals surface area contributed by atoms with Gasteiger partial charge >= 0.3 is 0 Å². The summed E-state index contributed by atoms with van der Waals surface area (Å²) in [5, 5.41) is 0.776. The van der Waals surface area contributed by atoms with Crippen molar-refractivity contribution in [2.75, 3.05) is 18.5 Å². The SMILES string of the molecule is CC(N)Cc1cc(Cl)ccc1N(C)CC(C)(C)C. The molecular formula is C15H25ClN2. The van der Waals surface area contributed by atoms with Crippen molar-refractivity contribution in [3.63, 3.8) is 0 Å². The van der Waals surface area contributed by atoms with Crippen LogP contribution in [-0.4, -0.2) is 19.6 Å². The van der Waals surface area contributed by atoms with Crippen LogP contribution in [-0.2, 0) is 6.42 Å². The topological polar surface area (TPSA) is 29.3 Å². The molecule has 0 bridgehead atoms. The Morgan fingerprint density at radius 2 is 1.94 bits per heavy atom. The van der Waals surface area contributed by atoms with Crippen molar-refractivity contribution in [1.29, 1.82) is 0 Å². The molecule has 0 saturated carbocycles. The molecule has 0 spiro atoms. The van der Waals surface area contributed by atoms with Gasteiger partial charge in [0, 0.05) is 30.3 Å². The zero-order chi connectivity index (χ0) is 13.9. The van der Waals surface area contributed by atoms with Gasteiger partial charge in [-0.1, -0.05) is 32.4 Å². The van der Waals surface area contributed by atoms with Gasteiger partial charge < -0.3 is 10.6 Å². The number of halogens is 1. The molecule has 102 valence electrons. The number of nitrogens with two attached hydrogens (primary N) is 1. The van der Waals surface area contributed by atoms with Gasteiger partial charge in [0.1, 0.15) is 0 Å². The predicted molar refractivity (Wildman–Crippen MR) is 81.5 cm³/mol. The third kappa shape index (κ3) is 4.87. The van der Waals surface area contributed by atoms with Crippen molar-refractivity contribution in [3.05, 3.63) is 28.8 Å². The summed E-state index contributed by atoms with van der Waals surface area (Å²) >= 11 is 6.08. The van der Waals surface area contributed by atoms with Gasteiger partial charge in [0.05, 0.1) is 0 Å². The lowest BCUT2D eigenvalue weighted by atomic mass is 9.95. The monoisotopic (exact) mass is 268 g/mol. The van der Waals surface area contributed by atoms with Crippen molar-refractivity contribution in [2.45, 2.75) is 40.2 Å². The fraction of sp³-hybridized carbons (Fsp3) is 0.600. The van der Waals surface area contributed by atoms with Gasteiger partial charge in [0.2, 0.25) is 0 Å². The van der Waals surface area contributed by atoms with Crippen LogP contribution < -0.4 is 10.6 Å². The molecule has 2 nitrogen and oxygen atoms in total. The Labute approximate surface area is 116 Å². The van der Waals surface area contributed by atoms with E-state index in [-0.39, 0.29) is 11.5 Å². The Hall–Kier alpha value is -0.730. The summed E-state index contributed by atoms with van der Waals surface area (Å²) in [4.78, 5) is 2.29. The number of nitrogens with zero attached hydrogens (tertiary/aromatic N) is 1. The first-order chi connectivity index (χ1) is 8.19. The normalized spacial score (nSPS) is 13.5.